The monoisotopic (exact) mass is 296 g/mol. The molecule has 0 bridgehead atoms. The Kier molecular flexibility index (Phi) is 5.83. The third-order valence-electron chi connectivity index (χ3n) is 3.06. The summed E-state index contributed by atoms with van der Waals surface area (Å²) < 4.78 is 10.2. The molecular formula is C14H20N2O5. The van der Waals surface area contributed by atoms with Crippen molar-refractivity contribution in [1.82, 2.24) is 4.90 Å². The first kappa shape index (κ1) is 16.6. The van der Waals surface area contributed by atoms with Gasteiger partial charge in [-0.05, 0) is 6.42 Å². The van der Waals surface area contributed by atoms with Crippen molar-refractivity contribution >= 4 is 17.7 Å². The number of rotatable bonds is 6. The molecule has 1 atom stereocenters. The van der Waals surface area contributed by atoms with Gasteiger partial charge in [0.2, 0.25) is 0 Å². The Balaban J connectivity index is 2.89. The van der Waals surface area contributed by atoms with E-state index in [0.29, 0.717) is 23.6 Å². The molecule has 1 unspecified atom stereocenters. The van der Waals surface area contributed by atoms with Crippen molar-refractivity contribution in [2.45, 2.75) is 19.4 Å². The summed E-state index contributed by atoms with van der Waals surface area (Å²) in [7, 11) is 4.45. The number of carbonyl (C=O) groups is 2. The summed E-state index contributed by atoms with van der Waals surface area (Å²) in [5, 5.41) is 11.7. The standard InChI is InChI=1S/C14H20N2O5/c1-5-12(13(17)18)16(2)14(19)15-9-6-10(20-3)8-11(7-9)21-4/h6-8,12H,5H2,1-4H3,(H,15,19)(H,17,18). The van der Waals surface area contributed by atoms with Crippen LogP contribution in [0.25, 0.3) is 0 Å². The van der Waals surface area contributed by atoms with Crippen LogP contribution in [-0.4, -0.2) is 49.3 Å². The third kappa shape index (κ3) is 4.27. The molecule has 0 aliphatic heterocycles. The Morgan fingerprint density at radius 1 is 1.24 bits per heavy atom. The number of benzene rings is 1. The minimum absolute atomic E-state index is 0.320. The molecule has 0 radical (unpaired) electrons. The quantitative estimate of drug-likeness (QED) is 0.838. The summed E-state index contributed by atoms with van der Waals surface area (Å²) >= 11 is 0. The van der Waals surface area contributed by atoms with Gasteiger partial charge in [0.25, 0.3) is 0 Å². The molecular weight excluding hydrogens is 276 g/mol. The molecule has 0 aliphatic carbocycles. The summed E-state index contributed by atoms with van der Waals surface area (Å²) in [6.45, 7) is 1.71. The van der Waals surface area contributed by atoms with Gasteiger partial charge in [0.1, 0.15) is 17.5 Å². The molecule has 2 amide bonds. The molecule has 0 aliphatic rings. The van der Waals surface area contributed by atoms with Crippen molar-refractivity contribution in [2.24, 2.45) is 0 Å². The summed E-state index contributed by atoms with van der Waals surface area (Å²) in [6, 6.07) is 3.52. The number of ether oxygens (including phenoxy) is 2. The molecule has 116 valence electrons. The van der Waals surface area contributed by atoms with Crippen LogP contribution in [-0.2, 0) is 4.79 Å². The van der Waals surface area contributed by atoms with E-state index in [1.807, 2.05) is 0 Å². The molecule has 0 spiro atoms. The first-order chi connectivity index (χ1) is 9.92. The van der Waals surface area contributed by atoms with Crippen LogP contribution in [0.1, 0.15) is 13.3 Å². The van der Waals surface area contributed by atoms with Crippen molar-refractivity contribution in [3.05, 3.63) is 18.2 Å². The number of amides is 2. The molecule has 0 fully saturated rings. The van der Waals surface area contributed by atoms with Crippen LogP contribution in [0.5, 0.6) is 11.5 Å². The molecule has 1 aromatic rings. The van der Waals surface area contributed by atoms with E-state index in [4.69, 9.17) is 14.6 Å². The number of carboxylic acid groups (broad SMARTS) is 1. The van der Waals surface area contributed by atoms with Crippen molar-refractivity contribution in [2.75, 3.05) is 26.6 Å². The average molecular weight is 296 g/mol. The van der Waals surface area contributed by atoms with Gasteiger partial charge in [-0.2, -0.15) is 0 Å². The van der Waals surface area contributed by atoms with Crippen LogP contribution < -0.4 is 14.8 Å². The zero-order chi connectivity index (χ0) is 16.0. The second-order valence-electron chi connectivity index (χ2n) is 4.40. The SMILES string of the molecule is CCC(C(=O)O)N(C)C(=O)Nc1cc(OC)cc(OC)c1. The Morgan fingerprint density at radius 3 is 2.14 bits per heavy atom. The van der Waals surface area contributed by atoms with Crippen LogP contribution in [0.15, 0.2) is 18.2 Å². The number of likely N-dealkylation sites (N-methyl/N-ethyl adjacent to an activating group) is 1. The highest BCUT2D eigenvalue weighted by Crippen LogP contribution is 2.26. The van der Waals surface area contributed by atoms with E-state index in [0.717, 1.165) is 4.90 Å². The Morgan fingerprint density at radius 2 is 1.76 bits per heavy atom. The molecule has 7 heteroatoms. The number of carboxylic acids is 1. The number of nitrogens with zero attached hydrogens (tertiary/aromatic N) is 1. The van der Waals surface area contributed by atoms with Gasteiger partial charge in [-0.15, -0.1) is 0 Å². The van der Waals surface area contributed by atoms with Gasteiger partial charge >= 0.3 is 12.0 Å². The minimum Gasteiger partial charge on any atom is -0.497 e. The zero-order valence-corrected chi connectivity index (χ0v) is 12.5. The molecule has 1 aromatic carbocycles. The van der Waals surface area contributed by atoms with E-state index in [1.54, 1.807) is 25.1 Å². The Labute approximate surface area is 123 Å². The van der Waals surface area contributed by atoms with Gasteiger partial charge in [0, 0.05) is 30.9 Å². The number of carbonyl (C=O) groups excluding carboxylic acids is 1. The van der Waals surface area contributed by atoms with Gasteiger partial charge in [0.15, 0.2) is 0 Å². The maximum absolute atomic E-state index is 12.1. The number of aliphatic carboxylic acids is 1. The van der Waals surface area contributed by atoms with Crippen LogP contribution >= 0.6 is 0 Å². The van der Waals surface area contributed by atoms with E-state index >= 15 is 0 Å². The summed E-state index contributed by atoms with van der Waals surface area (Å²) in [5.41, 5.74) is 0.461. The van der Waals surface area contributed by atoms with E-state index in [1.165, 1.54) is 21.3 Å². The molecule has 0 saturated heterocycles. The lowest BCUT2D eigenvalue weighted by Crippen LogP contribution is -2.44. The first-order valence-electron chi connectivity index (χ1n) is 6.42. The second-order valence-corrected chi connectivity index (χ2v) is 4.40. The van der Waals surface area contributed by atoms with Gasteiger partial charge in [-0.3, -0.25) is 0 Å². The van der Waals surface area contributed by atoms with E-state index in [9.17, 15) is 9.59 Å². The number of hydrogen-bond donors (Lipinski definition) is 2. The lowest BCUT2D eigenvalue weighted by atomic mass is 10.2. The highest BCUT2D eigenvalue weighted by molar-refractivity contribution is 5.92. The normalized spacial score (nSPS) is 11.4. The first-order valence-corrected chi connectivity index (χ1v) is 6.42. The Hall–Kier alpha value is -2.44. The zero-order valence-electron chi connectivity index (χ0n) is 12.5. The summed E-state index contributed by atoms with van der Waals surface area (Å²) in [5.74, 6) is 0.00790. The van der Waals surface area contributed by atoms with Gasteiger partial charge in [0.05, 0.1) is 14.2 Å². The fraction of sp³-hybridized carbons (Fsp3) is 0.429. The van der Waals surface area contributed by atoms with Crippen molar-refractivity contribution in [3.8, 4) is 11.5 Å². The topological polar surface area (TPSA) is 88.1 Å². The minimum atomic E-state index is -1.04. The molecule has 7 nitrogen and oxygen atoms in total. The van der Waals surface area contributed by atoms with Crippen molar-refractivity contribution in [3.63, 3.8) is 0 Å². The second kappa shape index (κ2) is 7.37. The molecule has 0 saturated carbocycles. The fourth-order valence-corrected chi connectivity index (χ4v) is 1.85. The average Bonchev–Trinajstić information content (AvgIpc) is 2.46. The summed E-state index contributed by atoms with van der Waals surface area (Å²) in [4.78, 5) is 24.3. The van der Waals surface area contributed by atoms with E-state index in [2.05, 4.69) is 5.32 Å². The maximum atomic E-state index is 12.1. The predicted molar refractivity (Wildman–Crippen MR) is 78.0 cm³/mol. The number of anilines is 1. The smallest absolute Gasteiger partial charge is 0.326 e. The van der Waals surface area contributed by atoms with Crippen LogP contribution in [0.4, 0.5) is 10.5 Å². The molecule has 0 aromatic heterocycles. The van der Waals surface area contributed by atoms with E-state index < -0.39 is 18.0 Å². The van der Waals surface area contributed by atoms with Crippen LogP contribution in [0, 0.1) is 0 Å². The number of nitrogens with one attached hydrogen (secondary N) is 1. The maximum Gasteiger partial charge on any atom is 0.326 e. The van der Waals surface area contributed by atoms with E-state index in [-0.39, 0.29) is 0 Å². The van der Waals surface area contributed by atoms with Crippen LogP contribution in [0.2, 0.25) is 0 Å². The molecule has 1 rings (SSSR count). The number of methoxy groups -OCH3 is 2. The third-order valence-corrected chi connectivity index (χ3v) is 3.06. The number of hydrogen-bond acceptors (Lipinski definition) is 4. The molecule has 0 heterocycles. The highest BCUT2D eigenvalue weighted by atomic mass is 16.5. The van der Waals surface area contributed by atoms with Gasteiger partial charge in [-0.25, -0.2) is 9.59 Å². The highest BCUT2D eigenvalue weighted by Gasteiger charge is 2.24. The van der Waals surface area contributed by atoms with Crippen molar-refractivity contribution in [1.29, 1.82) is 0 Å². The number of urea groups is 1. The summed E-state index contributed by atoms with van der Waals surface area (Å²) in [6.07, 6.45) is 0.320. The lowest BCUT2D eigenvalue weighted by molar-refractivity contribution is -0.141. The van der Waals surface area contributed by atoms with Crippen molar-refractivity contribution < 1.29 is 24.2 Å². The largest absolute Gasteiger partial charge is 0.497 e. The molecule has 2 N–H and O–H groups in total. The lowest BCUT2D eigenvalue weighted by Gasteiger charge is -2.24. The predicted octanol–water partition coefficient (Wildman–Crippen LogP) is 2.03. The Bertz CT molecular complexity index is 496. The fourth-order valence-electron chi connectivity index (χ4n) is 1.85. The van der Waals surface area contributed by atoms with Gasteiger partial charge < -0.3 is 24.8 Å². The van der Waals surface area contributed by atoms with Gasteiger partial charge in [-0.1, -0.05) is 6.92 Å². The van der Waals surface area contributed by atoms with Crippen LogP contribution in [0.3, 0.4) is 0 Å². The molecule has 21 heavy (non-hydrogen) atoms.